The standard InChI is InChI=1S/C45H68N6O9/c1-26(2)36(46-40(53)37(27(3)4)47(9)10)42(55)48(11)38(28(5)6)43(56)49-22-16-20-31(49)41(54)50-23-17-21-32(50)45(58)60-39(29(7)8)44(57)51-33(34(59-12)25-35(51)52)24-30-18-14-13-15-19-30/h13-15,18-19,25-29,31-33,36-39H,16-17,20-24H2,1-12H3,(H,46,53)/t31?,32?,33-,36-,37-,38-,39-/m0/s1. The number of amides is 6. The lowest BCUT2D eigenvalue weighted by molar-refractivity contribution is -0.170. The lowest BCUT2D eigenvalue weighted by atomic mass is 9.96. The van der Waals surface area contributed by atoms with E-state index in [1.54, 1.807) is 20.9 Å². The number of hydrogen-bond donors (Lipinski definition) is 1. The Morgan fingerprint density at radius 3 is 1.88 bits per heavy atom. The Kier molecular flexibility index (Phi) is 16.5. The fourth-order valence-electron chi connectivity index (χ4n) is 8.93. The van der Waals surface area contributed by atoms with Gasteiger partial charge < -0.3 is 29.5 Å². The Bertz CT molecular complexity index is 1750. The van der Waals surface area contributed by atoms with Gasteiger partial charge in [0.25, 0.3) is 11.8 Å². The second kappa shape index (κ2) is 20.7. The van der Waals surface area contributed by atoms with Crippen LogP contribution in [0.2, 0.25) is 0 Å². The van der Waals surface area contributed by atoms with Crippen LogP contribution in [0.1, 0.15) is 86.6 Å². The van der Waals surface area contributed by atoms with Gasteiger partial charge in [0.1, 0.15) is 36.0 Å². The molecule has 3 aliphatic heterocycles. The number of carbonyl (C=O) groups is 7. The maximum absolute atomic E-state index is 14.5. The third-order valence-electron chi connectivity index (χ3n) is 11.9. The summed E-state index contributed by atoms with van der Waals surface area (Å²) in [7, 11) is 6.64. The lowest BCUT2D eigenvalue weighted by Gasteiger charge is -2.39. The van der Waals surface area contributed by atoms with Crippen molar-refractivity contribution in [1.82, 2.24) is 29.8 Å². The normalized spacial score (nSPS) is 21.4. The second-order valence-corrected chi connectivity index (χ2v) is 18.0. The first kappa shape index (κ1) is 47.9. The van der Waals surface area contributed by atoms with Gasteiger partial charge in [0.15, 0.2) is 6.10 Å². The highest BCUT2D eigenvalue weighted by Gasteiger charge is 2.48. The fraction of sp³-hybridized carbons (Fsp3) is 0.667. The molecule has 15 nitrogen and oxygen atoms in total. The highest BCUT2D eigenvalue weighted by molar-refractivity contribution is 6.06. The number of esters is 1. The first-order valence-corrected chi connectivity index (χ1v) is 21.4. The molecule has 0 bridgehead atoms. The van der Waals surface area contributed by atoms with E-state index in [1.165, 1.54) is 27.9 Å². The molecule has 1 N–H and O–H groups in total. The molecular weight excluding hydrogens is 769 g/mol. The Morgan fingerprint density at radius 1 is 0.767 bits per heavy atom. The predicted molar refractivity (Wildman–Crippen MR) is 226 cm³/mol. The average Bonchev–Trinajstić information content (AvgIpc) is 3.94. The predicted octanol–water partition coefficient (Wildman–Crippen LogP) is 3.26. The van der Waals surface area contributed by atoms with Crippen LogP contribution >= 0.6 is 0 Å². The molecule has 15 heteroatoms. The van der Waals surface area contributed by atoms with Gasteiger partial charge in [-0.25, -0.2) is 4.79 Å². The van der Waals surface area contributed by atoms with Gasteiger partial charge in [-0.1, -0.05) is 85.7 Å². The number of likely N-dealkylation sites (tertiary alicyclic amines) is 2. The van der Waals surface area contributed by atoms with Crippen molar-refractivity contribution in [2.24, 2.45) is 23.7 Å². The number of nitrogens with one attached hydrogen (secondary N) is 1. The van der Waals surface area contributed by atoms with Crippen molar-refractivity contribution in [2.75, 3.05) is 41.3 Å². The molecule has 0 aromatic heterocycles. The van der Waals surface area contributed by atoms with Crippen molar-refractivity contribution in [1.29, 1.82) is 0 Å². The summed E-state index contributed by atoms with van der Waals surface area (Å²) in [6, 6.07) is 4.52. The second-order valence-electron chi connectivity index (χ2n) is 18.0. The van der Waals surface area contributed by atoms with Gasteiger partial charge in [-0.2, -0.15) is 0 Å². The van der Waals surface area contributed by atoms with Crippen molar-refractivity contribution in [3.05, 3.63) is 47.7 Å². The molecule has 1 aromatic carbocycles. The van der Waals surface area contributed by atoms with Gasteiger partial charge in [-0.05, 0) is 69.0 Å². The zero-order chi connectivity index (χ0) is 44.7. The minimum absolute atomic E-state index is 0.00726. The van der Waals surface area contributed by atoms with Gasteiger partial charge >= 0.3 is 5.97 Å². The van der Waals surface area contributed by atoms with Crippen molar-refractivity contribution in [3.63, 3.8) is 0 Å². The molecule has 60 heavy (non-hydrogen) atoms. The first-order valence-electron chi connectivity index (χ1n) is 21.4. The van der Waals surface area contributed by atoms with Gasteiger partial charge in [0, 0.05) is 32.6 Å². The third-order valence-corrected chi connectivity index (χ3v) is 11.9. The zero-order valence-electron chi connectivity index (χ0n) is 37.7. The Labute approximate surface area is 356 Å². The fourth-order valence-corrected chi connectivity index (χ4v) is 8.93. The summed E-state index contributed by atoms with van der Waals surface area (Å²) in [5, 5.41) is 2.95. The van der Waals surface area contributed by atoms with Gasteiger partial charge in [0.2, 0.25) is 23.6 Å². The topological polar surface area (TPSA) is 166 Å². The van der Waals surface area contributed by atoms with E-state index in [0.29, 0.717) is 44.4 Å². The number of rotatable bonds is 17. The van der Waals surface area contributed by atoms with E-state index >= 15 is 0 Å². The van der Waals surface area contributed by atoms with Crippen LogP contribution in [-0.4, -0.2) is 150 Å². The Balaban J connectivity index is 1.50. The van der Waals surface area contributed by atoms with Crippen LogP contribution in [0.3, 0.4) is 0 Å². The molecule has 0 saturated carbocycles. The molecule has 2 fully saturated rings. The number of methoxy groups -OCH3 is 1. The number of carbonyl (C=O) groups excluding carboxylic acids is 7. The smallest absolute Gasteiger partial charge is 0.329 e. The molecule has 0 aliphatic carbocycles. The number of likely N-dealkylation sites (N-methyl/N-ethyl adjacent to an activating group) is 2. The van der Waals surface area contributed by atoms with Crippen molar-refractivity contribution < 1.29 is 43.0 Å². The Hall–Kier alpha value is -4.79. The summed E-state index contributed by atoms with van der Waals surface area (Å²) in [6.07, 6.45) is 2.02. The lowest BCUT2D eigenvalue weighted by Crippen LogP contribution is -2.61. The third kappa shape index (κ3) is 10.6. The largest absolute Gasteiger partial charge is 0.499 e. The van der Waals surface area contributed by atoms with Crippen LogP contribution in [0.4, 0.5) is 0 Å². The molecule has 332 valence electrons. The van der Waals surface area contributed by atoms with Crippen molar-refractivity contribution in [2.45, 2.75) is 130 Å². The quantitative estimate of drug-likeness (QED) is 0.230. The number of hydrogen-bond acceptors (Lipinski definition) is 10. The van der Waals surface area contributed by atoms with E-state index < -0.39 is 77.9 Å². The Morgan fingerprint density at radius 2 is 1.35 bits per heavy atom. The number of nitrogens with zero attached hydrogens (tertiary/aromatic N) is 5. The summed E-state index contributed by atoms with van der Waals surface area (Å²) < 4.78 is 11.4. The highest BCUT2D eigenvalue weighted by Crippen LogP contribution is 2.30. The number of ether oxygens (including phenoxy) is 2. The maximum atomic E-state index is 14.5. The van der Waals surface area contributed by atoms with Crippen LogP contribution in [0.15, 0.2) is 42.2 Å². The van der Waals surface area contributed by atoms with E-state index in [1.807, 2.05) is 90.9 Å². The number of imide groups is 1. The highest BCUT2D eigenvalue weighted by atomic mass is 16.6. The minimum Gasteiger partial charge on any atom is -0.499 e. The van der Waals surface area contributed by atoms with E-state index in [4.69, 9.17) is 9.47 Å². The average molecular weight is 837 g/mol. The molecule has 3 aliphatic rings. The van der Waals surface area contributed by atoms with Crippen molar-refractivity contribution in [3.8, 4) is 0 Å². The maximum Gasteiger partial charge on any atom is 0.329 e. The van der Waals surface area contributed by atoms with Crippen molar-refractivity contribution >= 4 is 41.4 Å². The molecule has 0 spiro atoms. The SMILES string of the molecule is COC1=CC(=O)N(C(=O)[C@@H](OC(=O)C2CCCN2C(=O)C2CCCN2C(=O)[C@H](C(C)C)N(C)C(=O)[C@@H](NC(=O)[C@H](C(C)C)N(C)C)C(C)C)C(C)C)[C@H]1Cc1ccccc1. The number of benzene rings is 1. The molecule has 2 saturated heterocycles. The molecule has 2 unspecified atom stereocenters. The first-order chi connectivity index (χ1) is 28.2. The van der Waals surface area contributed by atoms with Crippen LogP contribution < -0.4 is 5.32 Å². The molecule has 6 amide bonds. The molecule has 0 radical (unpaired) electrons. The van der Waals surface area contributed by atoms with Crippen LogP contribution in [-0.2, 0) is 49.5 Å². The van der Waals surface area contributed by atoms with E-state index in [2.05, 4.69) is 5.32 Å². The minimum atomic E-state index is -1.31. The summed E-state index contributed by atoms with van der Waals surface area (Å²) in [4.78, 5) is 105. The summed E-state index contributed by atoms with van der Waals surface area (Å²) in [5.74, 6) is -4.24. The van der Waals surface area contributed by atoms with Gasteiger partial charge in [0.05, 0.1) is 13.2 Å². The molecule has 3 heterocycles. The monoisotopic (exact) mass is 837 g/mol. The van der Waals surface area contributed by atoms with E-state index in [-0.39, 0.29) is 36.1 Å². The summed E-state index contributed by atoms with van der Waals surface area (Å²) in [6.45, 7) is 15.3. The van der Waals surface area contributed by atoms with E-state index in [0.717, 1.165) is 10.5 Å². The van der Waals surface area contributed by atoms with Gasteiger partial charge in [-0.3, -0.25) is 38.6 Å². The molecule has 4 rings (SSSR count). The van der Waals surface area contributed by atoms with Gasteiger partial charge in [-0.15, -0.1) is 0 Å². The zero-order valence-corrected chi connectivity index (χ0v) is 37.7. The summed E-state index contributed by atoms with van der Waals surface area (Å²) in [5.41, 5.74) is 0.886. The molecule has 7 atom stereocenters. The van der Waals surface area contributed by atoms with Crippen LogP contribution in [0, 0.1) is 23.7 Å². The molecular formula is C45H68N6O9. The van der Waals surface area contributed by atoms with Crippen LogP contribution in [0.25, 0.3) is 0 Å². The summed E-state index contributed by atoms with van der Waals surface area (Å²) >= 11 is 0. The molecule has 1 aromatic rings. The van der Waals surface area contributed by atoms with E-state index in [9.17, 15) is 33.6 Å². The van der Waals surface area contributed by atoms with Crippen LogP contribution in [0.5, 0.6) is 0 Å².